The van der Waals surface area contributed by atoms with Crippen LogP contribution in [-0.4, -0.2) is 26.0 Å². The summed E-state index contributed by atoms with van der Waals surface area (Å²) < 4.78 is 15.9. The van der Waals surface area contributed by atoms with E-state index in [9.17, 15) is 9.59 Å². The highest BCUT2D eigenvalue weighted by Crippen LogP contribution is 2.29. The second-order valence-corrected chi connectivity index (χ2v) is 7.40. The van der Waals surface area contributed by atoms with Crippen molar-refractivity contribution < 1.29 is 23.5 Å². The molecule has 1 aromatic heterocycles. The van der Waals surface area contributed by atoms with Crippen LogP contribution in [0.2, 0.25) is 0 Å². The van der Waals surface area contributed by atoms with Crippen LogP contribution in [0.1, 0.15) is 46.8 Å². The zero-order valence-electron chi connectivity index (χ0n) is 17.8. The van der Waals surface area contributed by atoms with Gasteiger partial charge in [-0.2, -0.15) is 0 Å². The summed E-state index contributed by atoms with van der Waals surface area (Å²) in [7, 11) is 3.00. The number of rotatable bonds is 6. The number of methoxy groups -OCH3 is 2. The van der Waals surface area contributed by atoms with Crippen LogP contribution < -0.4 is 20.3 Å². The molecule has 2 amide bonds. The van der Waals surface area contributed by atoms with Crippen molar-refractivity contribution in [1.82, 2.24) is 10.9 Å². The first kappa shape index (κ1) is 21.2. The smallest absolute Gasteiger partial charge is 0.269 e. The highest BCUT2D eigenvalue weighted by Gasteiger charge is 2.15. The Hall–Kier alpha value is -3.48. The molecule has 0 fully saturated rings. The first-order valence-electron chi connectivity index (χ1n) is 9.65. The first-order chi connectivity index (χ1) is 14.3. The highest BCUT2D eigenvalue weighted by molar-refractivity contribution is 5.96. The molecule has 158 valence electrons. The van der Waals surface area contributed by atoms with Gasteiger partial charge in [0.15, 0.2) is 0 Å². The molecule has 0 aliphatic heterocycles. The Balaban J connectivity index is 1.69. The van der Waals surface area contributed by atoms with Gasteiger partial charge in [-0.15, -0.1) is 0 Å². The average molecular weight is 410 g/mol. The maximum atomic E-state index is 12.4. The molecule has 2 aromatic carbocycles. The standard InChI is InChI=1S/C23H26N2O5/c1-13(2)19-11-20-16(12-30-21(20)6-14(19)3)9-22(26)24-25-23(27)15-7-17(28-4)10-18(8-15)29-5/h6-8,10-13H,9H2,1-5H3,(H,24,26)(H,25,27). The largest absolute Gasteiger partial charge is 0.497 e. The molecule has 0 saturated heterocycles. The van der Waals surface area contributed by atoms with E-state index in [2.05, 4.69) is 30.8 Å². The number of fused-ring (bicyclic) bond motifs is 1. The summed E-state index contributed by atoms with van der Waals surface area (Å²) in [5, 5.41) is 0.906. The summed E-state index contributed by atoms with van der Waals surface area (Å²) in [6.45, 7) is 6.31. The lowest BCUT2D eigenvalue weighted by Gasteiger charge is -2.11. The van der Waals surface area contributed by atoms with Crippen molar-refractivity contribution >= 4 is 22.8 Å². The van der Waals surface area contributed by atoms with Gasteiger partial charge in [0.05, 0.1) is 26.9 Å². The van der Waals surface area contributed by atoms with Gasteiger partial charge in [0, 0.05) is 22.6 Å². The van der Waals surface area contributed by atoms with E-state index in [0.717, 1.165) is 22.1 Å². The van der Waals surface area contributed by atoms with Crippen molar-refractivity contribution in [1.29, 1.82) is 0 Å². The zero-order chi connectivity index (χ0) is 21.8. The molecule has 0 atom stereocenters. The lowest BCUT2D eigenvalue weighted by atomic mass is 9.95. The van der Waals surface area contributed by atoms with Crippen molar-refractivity contribution in [3.63, 3.8) is 0 Å². The quantitative estimate of drug-likeness (QED) is 0.602. The molecule has 30 heavy (non-hydrogen) atoms. The molecule has 7 heteroatoms. The number of ether oxygens (including phenoxy) is 2. The minimum absolute atomic E-state index is 0.0787. The van der Waals surface area contributed by atoms with Gasteiger partial charge in [-0.05, 0) is 48.2 Å². The Morgan fingerprint density at radius 3 is 2.27 bits per heavy atom. The van der Waals surface area contributed by atoms with Crippen LogP contribution in [0.3, 0.4) is 0 Å². The number of hydrogen-bond donors (Lipinski definition) is 2. The Labute approximate surface area is 175 Å². The second kappa shape index (κ2) is 8.90. The molecule has 0 aliphatic rings. The van der Waals surface area contributed by atoms with Crippen molar-refractivity contribution in [2.24, 2.45) is 0 Å². The third-order valence-electron chi connectivity index (χ3n) is 4.94. The number of furan rings is 1. The van der Waals surface area contributed by atoms with Crippen molar-refractivity contribution in [3.05, 3.63) is 58.8 Å². The summed E-state index contributed by atoms with van der Waals surface area (Å²) >= 11 is 0. The summed E-state index contributed by atoms with van der Waals surface area (Å²) in [5.41, 5.74) is 9.05. The predicted octanol–water partition coefficient (Wildman–Crippen LogP) is 3.89. The van der Waals surface area contributed by atoms with Crippen LogP contribution in [0.25, 0.3) is 11.0 Å². The lowest BCUT2D eigenvalue weighted by Crippen LogP contribution is -2.42. The van der Waals surface area contributed by atoms with Crippen LogP contribution in [-0.2, 0) is 11.2 Å². The number of nitrogens with one attached hydrogen (secondary N) is 2. The minimum atomic E-state index is -0.477. The fraction of sp³-hybridized carbons (Fsp3) is 0.304. The molecule has 2 N–H and O–H groups in total. The third kappa shape index (κ3) is 4.56. The number of hydrazine groups is 1. The summed E-state index contributed by atoms with van der Waals surface area (Å²) in [6.07, 6.45) is 1.66. The Morgan fingerprint density at radius 2 is 1.67 bits per heavy atom. The Kier molecular flexibility index (Phi) is 6.30. The highest BCUT2D eigenvalue weighted by atomic mass is 16.5. The molecule has 1 heterocycles. The number of benzene rings is 2. The van der Waals surface area contributed by atoms with Crippen LogP contribution in [0, 0.1) is 6.92 Å². The molecule has 0 bridgehead atoms. The number of carbonyl (C=O) groups excluding carboxylic acids is 2. The Bertz CT molecular complexity index is 1060. The third-order valence-corrected chi connectivity index (χ3v) is 4.94. The van der Waals surface area contributed by atoms with E-state index in [1.54, 1.807) is 24.5 Å². The molecular formula is C23H26N2O5. The molecule has 0 spiro atoms. The summed E-state index contributed by atoms with van der Waals surface area (Å²) in [6, 6.07) is 8.84. The van der Waals surface area contributed by atoms with E-state index in [0.29, 0.717) is 23.0 Å². The average Bonchev–Trinajstić information content (AvgIpc) is 3.11. The van der Waals surface area contributed by atoms with E-state index < -0.39 is 5.91 Å². The first-order valence-corrected chi connectivity index (χ1v) is 9.65. The van der Waals surface area contributed by atoms with Crippen molar-refractivity contribution in [3.8, 4) is 11.5 Å². The van der Waals surface area contributed by atoms with E-state index in [1.165, 1.54) is 19.8 Å². The van der Waals surface area contributed by atoms with Crippen LogP contribution >= 0.6 is 0 Å². The second-order valence-electron chi connectivity index (χ2n) is 7.40. The molecule has 0 radical (unpaired) electrons. The molecule has 0 aliphatic carbocycles. The van der Waals surface area contributed by atoms with Gasteiger partial charge >= 0.3 is 0 Å². The summed E-state index contributed by atoms with van der Waals surface area (Å²) in [4.78, 5) is 24.8. The number of amides is 2. The van der Waals surface area contributed by atoms with Gasteiger partial charge in [0.1, 0.15) is 17.1 Å². The SMILES string of the molecule is COc1cc(OC)cc(C(=O)NNC(=O)Cc2coc3cc(C)c(C(C)C)cc23)c1. The van der Waals surface area contributed by atoms with Crippen molar-refractivity contribution in [2.45, 2.75) is 33.1 Å². The van der Waals surface area contributed by atoms with E-state index >= 15 is 0 Å². The van der Waals surface area contributed by atoms with Crippen molar-refractivity contribution in [2.75, 3.05) is 14.2 Å². The van der Waals surface area contributed by atoms with Crippen LogP contribution in [0.4, 0.5) is 0 Å². The topological polar surface area (TPSA) is 89.8 Å². The molecule has 3 aromatic rings. The van der Waals surface area contributed by atoms with Gasteiger partial charge in [0.2, 0.25) is 5.91 Å². The lowest BCUT2D eigenvalue weighted by molar-refractivity contribution is -0.121. The number of aryl methyl sites for hydroxylation is 1. The van der Waals surface area contributed by atoms with E-state index in [1.807, 2.05) is 13.0 Å². The molecule has 3 rings (SSSR count). The fourth-order valence-corrected chi connectivity index (χ4v) is 3.36. The molecule has 0 saturated carbocycles. The van der Waals surface area contributed by atoms with Gasteiger partial charge in [0.25, 0.3) is 5.91 Å². The maximum Gasteiger partial charge on any atom is 0.269 e. The maximum absolute atomic E-state index is 12.4. The van der Waals surface area contributed by atoms with Gasteiger partial charge in [-0.1, -0.05) is 13.8 Å². The van der Waals surface area contributed by atoms with Gasteiger partial charge < -0.3 is 13.9 Å². The monoisotopic (exact) mass is 410 g/mol. The molecule has 7 nitrogen and oxygen atoms in total. The van der Waals surface area contributed by atoms with E-state index in [-0.39, 0.29) is 12.3 Å². The van der Waals surface area contributed by atoms with Gasteiger partial charge in [-0.3, -0.25) is 20.4 Å². The van der Waals surface area contributed by atoms with E-state index in [4.69, 9.17) is 13.9 Å². The number of hydrogen-bond acceptors (Lipinski definition) is 5. The normalized spacial score (nSPS) is 10.9. The molecule has 0 unspecified atom stereocenters. The van der Waals surface area contributed by atoms with Gasteiger partial charge in [-0.25, -0.2) is 0 Å². The minimum Gasteiger partial charge on any atom is -0.497 e. The number of carbonyl (C=O) groups is 2. The van der Waals surface area contributed by atoms with Crippen LogP contribution in [0.5, 0.6) is 11.5 Å². The molecular weight excluding hydrogens is 384 g/mol. The zero-order valence-corrected chi connectivity index (χ0v) is 17.8. The Morgan fingerprint density at radius 1 is 1.00 bits per heavy atom. The predicted molar refractivity (Wildman–Crippen MR) is 114 cm³/mol. The fourth-order valence-electron chi connectivity index (χ4n) is 3.36. The summed E-state index contributed by atoms with van der Waals surface area (Å²) in [5.74, 6) is 0.493. The van der Waals surface area contributed by atoms with Crippen LogP contribution in [0.15, 0.2) is 41.0 Å².